The maximum Gasteiger partial charge on any atom is 0.0214 e. The predicted octanol–water partition coefficient (Wildman–Crippen LogP) is 4.64. The summed E-state index contributed by atoms with van der Waals surface area (Å²) in [7, 11) is 0. The largest absolute Gasteiger partial charge is 0.0884 e. The van der Waals surface area contributed by atoms with E-state index in [4.69, 9.17) is 0 Å². The van der Waals surface area contributed by atoms with Gasteiger partial charge in [-0.05, 0) is 61.8 Å². The van der Waals surface area contributed by atoms with Crippen molar-refractivity contribution < 1.29 is 0 Å². The minimum absolute atomic E-state index is 0.693. The highest BCUT2D eigenvalue weighted by Crippen LogP contribution is 2.40. The standard InChI is InChI=1S/C14H19Br/c1-9-7-11(3)13(8-10(9)2)12-5-4-6-14(12)15/h7-8,12,14H,4-6H2,1-3H3. The molecule has 0 saturated heterocycles. The molecule has 0 radical (unpaired) electrons. The SMILES string of the molecule is Cc1cc(C)c(C2CCCC2Br)cc1C. The maximum absolute atomic E-state index is 3.82. The van der Waals surface area contributed by atoms with Crippen molar-refractivity contribution in [3.63, 3.8) is 0 Å². The van der Waals surface area contributed by atoms with Gasteiger partial charge in [0.1, 0.15) is 0 Å². The van der Waals surface area contributed by atoms with Crippen molar-refractivity contribution in [1.29, 1.82) is 0 Å². The van der Waals surface area contributed by atoms with Gasteiger partial charge in [0.2, 0.25) is 0 Å². The summed E-state index contributed by atoms with van der Waals surface area (Å²) in [4.78, 5) is 0.693. The fourth-order valence-electron chi connectivity index (χ4n) is 2.65. The average molecular weight is 267 g/mol. The van der Waals surface area contributed by atoms with Crippen LogP contribution in [0.5, 0.6) is 0 Å². The molecule has 0 N–H and O–H groups in total. The quantitative estimate of drug-likeness (QED) is 0.650. The molecule has 1 aliphatic carbocycles. The molecule has 1 aliphatic rings. The van der Waals surface area contributed by atoms with Crippen LogP contribution in [-0.2, 0) is 0 Å². The van der Waals surface area contributed by atoms with E-state index in [-0.39, 0.29) is 0 Å². The minimum Gasteiger partial charge on any atom is -0.0884 e. The van der Waals surface area contributed by atoms with E-state index in [0.717, 1.165) is 5.92 Å². The van der Waals surface area contributed by atoms with E-state index in [9.17, 15) is 0 Å². The highest BCUT2D eigenvalue weighted by molar-refractivity contribution is 9.09. The van der Waals surface area contributed by atoms with Crippen molar-refractivity contribution in [3.05, 3.63) is 34.4 Å². The monoisotopic (exact) mass is 266 g/mol. The lowest BCUT2D eigenvalue weighted by Gasteiger charge is -2.18. The summed E-state index contributed by atoms with van der Waals surface area (Å²) in [5.41, 5.74) is 5.88. The van der Waals surface area contributed by atoms with Crippen LogP contribution in [0.2, 0.25) is 0 Å². The van der Waals surface area contributed by atoms with E-state index in [1.807, 2.05) is 0 Å². The average Bonchev–Trinajstić information content (AvgIpc) is 2.58. The van der Waals surface area contributed by atoms with Crippen LogP contribution in [0, 0.1) is 20.8 Å². The molecule has 0 bridgehead atoms. The Hall–Kier alpha value is -0.300. The minimum atomic E-state index is 0.693. The normalized spacial score (nSPS) is 25.9. The molecular formula is C14H19Br. The number of rotatable bonds is 1. The van der Waals surface area contributed by atoms with E-state index in [1.54, 1.807) is 5.56 Å². The van der Waals surface area contributed by atoms with Crippen molar-refractivity contribution in [3.8, 4) is 0 Å². The summed E-state index contributed by atoms with van der Waals surface area (Å²) >= 11 is 3.82. The van der Waals surface area contributed by atoms with Gasteiger partial charge in [-0.15, -0.1) is 0 Å². The Balaban J connectivity index is 2.39. The number of hydrogen-bond acceptors (Lipinski definition) is 0. The third-order valence-electron chi connectivity index (χ3n) is 3.71. The first-order valence-electron chi connectivity index (χ1n) is 5.81. The number of alkyl halides is 1. The molecule has 1 heteroatoms. The molecule has 1 fully saturated rings. The fraction of sp³-hybridized carbons (Fsp3) is 0.571. The van der Waals surface area contributed by atoms with Crippen LogP contribution in [0.15, 0.2) is 12.1 Å². The smallest absolute Gasteiger partial charge is 0.0214 e. The van der Waals surface area contributed by atoms with E-state index >= 15 is 0 Å². The van der Waals surface area contributed by atoms with E-state index in [0.29, 0.717) is 4.83 Å². The maximum atomic E-state index is 3.82. The third kappa shape index (κ3) is 2.13. The second-order valence-corrected chi connectivity index (χ2v) is 6.02. The highest BCUT2D eigenvalue weighted by Gasteiger charge is 2.27. The summed E-state index contributed by atoms with van der Waals surface area (Å²) in [6.45, 7) is 6.67. The molecule has 0 spiro atoms. The first kappa shape index (κ1) is 11.2. The summed E-state index contributed by atoms with van der Waals surface area (Å²) in [5, 5.41) is 0. The zero-order valence-electron chi connectivity index (χ0n) is 9.81. The molecule has 0 aliphatic heterocycles. The zero-order chi connectivity index (χ0) is 11.0. The first-order chi connectivity index (χ1) is 7.09. The molecule has 1 aromatic rings. The Morgan fingerprint density at radius 2 is 1.67 bits per heavy atom. The van der Waals surface area contributed by atoms with Crippen LogP contribution >= 0.6 is 15.9 Å². The van der Waals surface area contributed by atoms with E-state index in [1.165, 1.54) is 36.0 Å². The van der Waals surface area contributed by atoms with Crippen molar-refractivity contribution in [2.75, 3.05) is 0 Å². The third-order valence-corrected chi connectivity index (χ3v) is 4.81. The molecule has 0 amide bonds. The lowest BCUT2D eigenvalue weighted by molar-refractivity contribution is 0.735. The van der Waals surface area contributed by atoms with Gasteiger partial charge in [0.15, 0.2) is 0 Å². The molecule has 0 aromatic heterocycles. The number of aryl methyl sites for hydroxylation is 3. The van der Waals surface area contributed by atoms with E-state index in [2.05, 4.69) is 48.8 Å². The summed E-state index contributed by atoms with van der Waals surface area (Å²) in [5.74, 6) is 0.740. The Bertz CT molecular complexity index is 368. The van der Waals surface area contributed by atoms with Crippen molar-refractivity contribution >= 4 is 15.9 Å². The number of benzene rings is 1. The number of hydrogen-bond donors (Lipinski definition) is 0. The summed E-state index contributed by atoms with van der Waals surface area (Å²) in [6.07, 6.45) is 4.04. The molecule has 2 atom stereocenters. The van der Waals surface area contributed by atoms with Gasteiger partial charge in [-0.25, -0.2) is 0 Å². The first-order valence-corrected chi connectivity index (χ1v) is 6.73. The van der Waals surface area contributed by atoms with Crippen LogP contribution in [0.25, 0.3) is 0 Å². The predicted molar refractivity (Wildman–Crippen MR) is 70.0 cm³/mol. The topological polar surface area (TPSA) is 0 Å². The lowest BCUT2D eigenvalue weighted by atomic mass is 9.90. The van der Waals surface area contributed by atoms with Gasteiger partial charge < -0.3 is 0 Å². The summed E-state index contributed by atoms with van der Waals surface area (Å²) in [6, 6.07) is 4.73. The molecule has 2 unspecified atom stereocenters. The Labute approximate surface area is 101 Å². The fourth-order valence-corrected chi connectivity index (χ4v) is 3.52. The molecule has 1 aromatic carbocycles. The van der Waals surface area contributed by atoms with Crippen LogP contribution in [0.3, 0.4) is 0 Å². The molecule has 0 nitrogen and oxygen atoms in total. The van der Waals surface area contributed by atoms with E-state index < -0.39 is 0 Å². The summed E-state index contributed by atoms with van der Waals surface area (Å²) < 4.78 is 0. The molecule has 15 heavy (non-hydrogen) atoms. The molecular weight excluding hydrogens is 248 g/mol. The van der Waals surface area contributed by atoms with Crippen molar-refractivity contribution in [1.82, 2.24) is 0 Å². The zero-order valence-corrected chi connectivity index (χ0v) is 11.4. The van der Waals surface area contributed by atoms with Crippen molar-refractivity contribution in [2.45, 2.75) is 50.8 Å². The molecule has 82 valence electrons. The lowest BCUT2D eigenvalue weighted by Crippen LogP contribution is -2.07. The molecule has 0 heterocycles. The molecule has 2 rings (SSSR count). The Morgan fingerprint density at radius 1 is 1.00 bits per heavy atom. The van der Waals surface area contributed by atoms with Gasteiger partial charge in [-0.1, -0.05) is 34.5 Å². The van der Waals surface area contributed by atoms with Gasteiger partial charge in [-0.3, -0.25) is 0 Å². The second kappa shape index (κ2) is 4.29. The molecule has 1 saturated carbocycles. The van der Waals surface area contributed by atoms with Gasteiger partial charge >= 0.3 is 0 Å². The Kier molecular flexibility index (Phi) is 3.20. The Morgan fingerprint density at radius 3 is 2.27 bits per heavy atom. The van der Waals surface area contributed by atoms with Crippen LogP contribution in [-0.4, -0.2) is 4.83 Å². The van der Waals surface area contributed by atoms with Gasteiger partial charge in [0, 0.05) is 4.83 Å². The van der Waals surface area contributed by atoms with Gasteiger partial charge in [0.25, 0.3) is 0 Å². The number of halogens is 1. The van der Waals surface area contributed by atoms with Gasteiger partial charge in [-0.2, -0.15) is 0 Å². The van der Waals surface area contributed by atoms with Crippen LogP contribution in [0.4, 0.5) is 0 Å². The van der Waals surface area contributed by atoms with Crippen LogP contribution in [0.1, 0.15) is 47.4 Å². The van der Waals surface area contributed by atoms with Gasteiger partial charge in [0.05, 0.1) is 0 Å². The van der Waals surface area contributed by atoms with Crippen molar-refractivity contribution in [2.24, 2.45) is 0 Å². The highest BCUT2D eigenvalue weighted by atomic mass is 79.9. The second-order valence-electron chi connectivity index (χ2n) is 4.85. The van der Waals surface area contributed by atoms with Crippen LogP contribution < -0.4 is 0 Å².